The number of benzene rings is 1. The highest BCUT2D eigenvalue weighted by Gasteiger charge is 2.35. The lowest BCUT2D eigenvalue weighted by Gasteiger charge is -2.39. The van der Waals surface area contributed by atoms with Crippen LogP contribution >= 0.6 is 0 Å². The number of methoxy groups -OCH3 is 2. The van der Waals surface area contributed by atoms with E-state index in [0.717, 1.165) is 24.5 Å². The van der Waals surface area contributed by atoms with E-state index in [0.29, 0.717) is 24.3 Å². The van der Waals surface area contributed by atoms with E-state index in [4.69, 9.17) is 9.47 Å². The topological polar surface area (TPSA) is 54.8 Å². The lowest BCUT2D eigenvalue weighted by atomic mass is 9.84. The number of hydrogen-bond acceptors (Lipinski definition) is 5. The highest BCUT2D eigenvalue weighted by Crippen LogP contribution is 2.37. The van der Waals surface area contributed by atoms with Gasteiger partial charge in [0.25, 0.3) is 0 Å². The Morgan fingerprint density at radius 1 is 1.04 bits per heavy atom. The number of hydrogen-bond donors (Lipinski definition) is 1. The Bertz CT molecular complexity index is 630. The van der Waals surface area contributed by atoms with E-state index in [-0.39, 0.29) is 0 Å². The minimum absolute atomic E-state index is 0.639. The van der Waals surface area contributed by atoms with Gasteiger partial charge in [0.2, 0.25) is 0 Å². The summed E-state index contributed by atoms with van der Waals surface area (Å²) in [6.45, 7) is 1.51. The summed E-state index contributed by atoms with van der Waals surface area (Å²) in [7, 11) is 3.23. The van der Waals surface area contributed by atoms with Crippen LogP contribution in [-0.4, -0.2) is 37.4 Å². The maximum atomic E-state index is 11.1. The van der Waals surface area contributed by atoms with Crippen molar-refractivity contribution in [2.24, 2.45) is 0 Å². The monoisotopic (exact) mass is 314 g/mol. The first-order valence-electron chi connectivity index (χ1n) is 7.76. The van der Waals surface area contributed by atoms with Crippen LogP contribution in [0, 0.1) is 0 Å². The molecule has 1 aliphatic rings. The Kier molecular flexibility index (Phi) is 4.39. The molecule has 1 fully saturated rings. The second-order valence-electron chi connectivity index (χ2n) is 5.81. The molecule has 2 heterocycles. The number of ether oxygens (including phenoxy) is 2. The SMILES string of the molecule is COc1cc(OC)cc(C2(O)CCN(c3ccccn3)CC2)c1. The number of anilines is 1. The van der Waals surface area contributed by atoms with Crippen molar-refractivity contribution in [3.8, 4) is 11.5 Å². The van der Waals surface area contributed by atoms with Crippen LogP contribution in [-0.2, 0) is 5.60 Å². The normalized spacial score (nSPS) is 16.9. The summed E-state index contributed by atoms with van der Waals surface area (Å²) in [5.74, 6) is 2.35. The average molecular weight is 314 g/mol. The molecule has 1 saturated heterocycles. The molecule has 5 heteroatoms. The highest BCUT2D eigenvalue weighted by molar-refractivity contribution is 5.43. The number of pyridine rings is 1. The van der Waals surface area contributed by atoms with Crippen LogP contribution < -0.4 is 14.4 Å². The molecule has 0 amide bonds. The van der Waals surface area contributed by atoms with Gasteiger partial charge < -0.3 is 19.5 Å². The van der Waals surface area contributed by atoms with E-state index < -0.39 is 5.60 Å². The Hall–Kier alpha value is -2.27. The quantitative estimate of drug-likeness (QED) is 0.940. The fraction of sp³-hybridized carbons (Fsp3) is 0.389. The first-order valence-corrected chi connectivity index (χ1v) is 7.76. The second kappa shape index (κ2) is 6.46. The van der Waals surface area contributed by atoms with Gasteiger partial charge in [-0.1, -0.05) is 6.07 Å². The largest absolute Gasteiger partial charge is 0.497 e. The second-order valence-corrected chi connectivity index (χ2v) is 5.81. The van der Waals surface area contributed by atoms with Gasteiger partial charge in [-0.25, -0.2) is 4.98 Å². The van der Waals surface area contributed by atoms with Crippen LogP contribution in [0.5, 0.6) is 11.5 Å². The van der Waals surface area contributed by atoms with Crippen LogP contribution in [0.3, 0.4) is 0 Å². The number of rotatable bonds is 4. The van der Waals surface area contributed by atoms with Crippen molar-refractivity contribution in [3.63, 3.8) is 0 Å². The fourth-order valence-corrected chi connectivity index (χ4v) is 3.01. The lowest BCUT2D eigenvalue weighted by molar-refractivity contribution is 0.0113. The molecule has 122 valence electrons. The molecule has 1 aliphatic heterocycles. The highest BCUT2D eigenvalue weighted by atomic mass is 16.5. The van der Waals surface area contributed by atoms with E-state index >= 15 is 0 Å². The van der Waals surface area contributed by atoms with Crippen LogP contribution in [0.1, 0.15) is 18.4 Å². The molecule has 0 unspecified atom stereocenters. The van der Waals surface area contributed by atoms with E-state index in [2.05, 4.69) is 9.88 Å². The lowest BCUT2D eigenvalue weighted by Crippen LogP contribution is -2.43. The standard InChI is InChI=1S/C18H22N2O3/c1-22-15-11-14(12-16(13-15)23-2)18(21)6-9-20(10-7-18)17-5-3-4-8-19-17/h3-5,8,11-13,21H,6-7,9-10H2,1-2H3. The molecule has 0 atom stereocenters. The van der Waals surface area contributed by atoms with Gasteiger partial charge in [0.15, 0.2) is 0 Å². The molecular formula is C18H22N2O3. The van der Waals surface area contributed by atoms with Crippen molar-refractivity contribution in [1.29, 1.82) is 0 Å². The predicted molar refractivity (Wildman–Crippen MR) is 89.1 cm³/mol. The van der Waals surface area contributed by atoms with Crippen LogP contribution in [0.25, 0.3) is 0 Å². The Morgan fingerprint density at radius 3 is 2.22 bits per heavy atom. The molecule has 3 rings (SSSR count). The van der Waals surface area contributed by atoms with E-state index in [1.165, 1.54) is 0 Å². The zero-order valence-corrected chi connectivity index (χ0v) is 13.5. The third-order valence-electron chi connectivity index (χ3n) is 4.45. The predicted octanol–water partition coefficient (Wildman–Crippen LogP) is 2.59. The van der Waals surface area contributed by atoms with Crippen LogP contribution in [0.15, 0.2) is 42.6 Å². The molecule has 1 aromatic carbocycles. The maximum absolute atomic E-state index is 11.1. The molecular weight excluding hydrogens is 292 g/mol. The first kappa shape index (κ1) is 15.6. The van der Waals surface area contributed by atoms with Gasteiger partial charge >= 0.3 is 0 Å². The van der Waals surface area contributed by atoms with E-state index in [1.807, 2.05) is 36.4 Å². The van der Waals surface area contributed by atoms with Crippen molar-refractivity contribution in [2.75, 3.05) is 32.2 Å². The number of aromatic nitrogens is 1. The molecule has 1 N–H and O–H groups in total. The number of aliphatic hydroxyl groups is 1. The van der Waals surface area contributed by atoms with E-state index in [1.54, 1.807) is 20.4 Å². The smallest absolute Gasteiger partial charge is 0.128 e. The third kappa shape index (κ3) is 3.24. The fourth-order valence-electron chi connectivity index (χ4n) is 3.01. The number of nitrogens with zero attached hydrogens (tertiary/aromatic N) is 2. The van der Waals surface area contributed by atoms with Crippen molar-refractivity contribution in [1.82, 2.24) is 4.98 Å². The van der Waals surface area contributed by atoms with Crippen molar-refractivity contribution < 1.29 is 14.6 Å². The molecule has 0 radical (unpaired) electrons. The molecule has 0 spiro atoms. The third-order valence-corrected chi connectivity index (χ3v) is 4.45. The first-order chi connectivity index (χ1) is 11.1. The zero-order valence-electron chi connectivity index (χ0n) is 13.5. The van der Waals surface area contributed by atoms with Crippen LogP contribution in [0.4, 0.5) is 5.82 Å². The molecule has 0 bridgehead atoms. The molecule has 2 aromatic rings. The van der Waals surface area contributed by atoms with Gasteiger partial charge in [-0.3, -0.25) is 0 Å². The zero-order chi connectivity index (χ0) is 16.3. The van der Waals surface area contributed by atoms with Gasteiger partial charge in [-0.05, 0) is 42.7 Å². The van der Waals surface area contributed by atoms with Crippen LogP contribution in [0.2, 0.25) is 0 Å². The minimum atomic E-state index is -0.868. The molecule has 1 aromatic heterocycles. The number of piperidine rings is 1. The summed E-state index contributed by atoms with van der Waals surface area (Å²) >= 11 is 0. The summed E-state index contributed by atoms with van der Waals surface area (Å²) in [5, 5.41) is 11.1. The average Bonchev–Trinajstić information content (AvgIpc) is 2.62. The summed E-state index contributed by atoms with van der Waals surface area (Å²) in [4.78, 5) is 6.58. The van der Waals surface area contributed by atoms with E-state index in [9.17, 15) is 5.11 Å². The van der Waals surface area contributed by atoms with Crippen molar-refractivity contribution in [2.45, 2.75) is 18.4 Å². The van der Waals surface area contributed by atoms with Gasteiger partial charge in [0, 0.05) is 25.4 Å². The Labute approximate surface area is 136 Å². The summed E-state index contributed by atoms with van der Waals surface area (Å²) in [6.07, 6.45) is 3.07. The molecule has 0 saturated carbocycles. The Morgan fingerprint density at radius 2 is 1.70 bits per heavy atom. The minimum Gasteiger partial charge on any atom is -0.497 e. The Balaban J connectivity index is 1.79. The maximum Gasteiger partial charge on any atom is 0.128 e. The molecule has 23 heavy (non-hydrogen) atoms. The summed E-state index contributed by atoms with van der Waals surface area (Å²) < 4.78 is 10.6. The van der Waals surface area contributed by atoms with Gasteiger partial charge in [-0.15, -0.1) is 0 Å². The molecule has 0 aliphatic carbocycles. The van der Waals surface area contributed by atoms with Gasteiger partial charge in [0.05, 0.1) is 19.8 Å². The van der Waals surface area contributed by atoms with Crippen molar-refractivity contribution in [3.05, 3.63) is 48.2 Å². The summed E-state index contributed by atoms with van der Waals surface area (Å²) in [5.41, 5.74) is -0.0259. The van der Waals surface area contributed by atoms with Gasteiger partial charge in [-0.2, -0.15) is 0 Å². The summed E-state index contributed by atoms with van der Waals surface area (Å²) in [6, 6.07) is 11.5. The van der Waals surface area contributed by atoms with Gasteiger partial charge in [0.1, 0.15) is 17.3 Å². The molecule has 5 nitrogen and oxygen atoms in total. The van der Waals surface area contributed by atoms with Crippen molar-refractivity contribution >= 4 is 5.82 Å².